The summed E-state index contributed by atoms with van der Waals surface area (Å²) in [6.45, 7) is 1.66. The normalized spacial score (nSPS) is 11.4. The van der Waals surface area contributed by atoms with Gasteiger partial charge < -0.3 is 9.84 Å². The molecule has 0 radical (unpaired) electrons. The second-order valence-electron chi connectivity index (χ2n) is 2.66. The molecule has 0 atom stereocenters. The second-order valence-corrected chi connectivity index (χ2v) is 2.66. The Hall–Kier alpha value is -1.79. The fourth-order valence-corrected chi connectivity index (χ4v) is 0.733. The highest BCUT2D eigenvalue weighted by atomic mass is 19.3. The van der Waals surface area contributed by atoms with Gasteiger partial charge in [-0.05, 0) is 6.92 Å². The van der Waals surface area contributed by atoms with Crippen LogP contribution in [-0.4, -0.2) is 35.7 Å². The van der Waals surface area contributed by atoms with Gasteiger partial charge in [-0.3, -0.25) is 9.59 Å². The van der Waals surface area contributed by atoms with Crippen molar-refractivity contribution in [2.45, 2.75) is 19.8 Å². The third kappa shape index (κ3) is 4.63. The molecule has 0 aliphatic rings. The van der Waals surface area contributed by atoms with Crippen LogP contribution >= 0.6 is 0 Å². The first-order valence-electron chi connectivity index (χ1n) is 4.29. The van der Waals surface area contributed by atoms with Crippen LogP contribution in [0.4, 0.5) is 8.78 Å². The summed E-state index contributed by atoms with van der Waals surface area (Å²) in [5.74, 6) is -4.44. The van der Waals surface area contributed by atoms with Crippen molar-refractivity contribution in [2.24, 2.45) is 0 Å². The first-order chi connectivity index (χ1) is 7.40. The largest absolute Gasteiger partial charge is 0.500 e. The zero-order valence-corrected chi connectivity index (χ0v) is 8.41. The predicted octanol–water partition coefficient (Wildman–Crippen LogP) is 0.785. The van der Waals surface area contributed by atoms with Gasteiger partial charge in [0.05, 0.1) is 13.0 Å². The smallest absolute Gasteiger partial charge is 0.342 e. The van der Waals surface area contributed by atoms with Crippen molar-refractivity contribution in [2.75, 3.05) is 6.61 Å². The number of carboxylic acid groups (broad SMARTS) is 1. The number of hydrogen-bond acceptors (Lipinski definition) is 4. The monoisotopic (exact) mass is 236 g/mol. The van der Waals surface area contributed by atoms with Crippen LogP contribution in [0.5, 0.6) is 0 Å². The SMILES string of the molecule is CCOC=C(C(=O)O)C(=O)CC(=O)C(F)F. The van der Waals surface area contributed by atoms with Gasteiger partial charge in [0.1, 0.15) is 11.8 Å². The molecule has 0 aliphatic heterocycles. The van der Waals surface area contributed by atoms with Gasteiger partial charge in [0.25, 0.3) is 6.43 Å². The van der Waals surface area contributed by atoms with Crippen molar-refractivity contribution in [1.29, 1.82) is 0 Å². The number of halogens is 2. The molecule has 1 N–H and O–H groups in total. The van der Waals surface area contributed by atoms with E-state index in [1.165, 1.54) is 0 Å². The topological polar surface area (TPSA) is 80.7 Å². The van der Waals surface area contributed by atoms with E-state index in [2.05, 4.69) is 4.74 Å². The molecule has 0 bridgehead atoms. The summed E-state index contributed by atoms with van der Waals surface area (Å²) in [6.07, 6.45) is -3.79. The average molecular weight is 236 g/mol. The summed E-state index contributed by atoms with van der Waals surface area (Å²) in [7, 11) is 0. The Bertz CT molecular complexity index is 322. The molecular formula is C9H10F2O5. The Morgan fingerprint density at radius 1 is 1.38 bits per heavy atom. The van der Waals surface area contributed by atoms with Crippen molar-refractivity contribution >= 4 is 17.5 Å². The minimum absolute atomic E-state index is 0.118. The van der Waals surface area contributed by atoms with Crippen LogP contribution in [-0.2, 0) is 19.1 Å². The highest BCUT2D eigenvalue weighted by Crippen LogP contribution is 2.06. The van der Waals surface area contributed by atoms with E-state index < -0.39 is 36.0 Å². The Labute approximate surface area is 89.7 Å². The van der Waals surface area contributed by atoms with Crippen molar-refractivity contribution in [3.8, 4) is 0 Å². The fraction of sp³-hybridized carbons (Fsp3) is 0.444. The van der Waals surface area contributed by atoms with Gasteiger partial charge in [0.15, 0.2) is 5.78 Å². The fourth-order valence-electron chi connectivity index (χ4n) is 0.733. The molecule has 0 fully saturated rings. The lowest BCUT2D eigenvalue weighted by Crippen LogP contribution is -2.20. The average Bonchev–Trinajstić information content (AvgIpc) is 2.17. The van der Waals surface area contributed by atoms with E-state index in [0.717, 1.165) is 0 Å². The molecule has 16 heavy (non-hydrogen) atoms. The lowest BCUT2D eigenvalue weighted by Gasteiger charge is -2.01. The Balaban J connectivity index is 4.64. The number of rotatable bonds is 7. The summed E-state index contributed by atoms with van der Waals surface area (Å²) < 4.78 is 28.2. The molecule has 0 aliphatic carbocycles. The van der Waals surface area contributed by atoms with E-state index >= 15 is 0 Å². The Morgan fingerprint density at radius 2 is 1.94 bits per heavy atom. The van der Waals surface area contributed by atoms with Gasteiger partial charge in [-0.15, -0.1) is 0 Å². The molecule has 0 amide bonds. The first kappa shape index (κ1) is 14.2. The molecule has 0 spiro atoms. The van der Waals surface area contributed by atoms with E-state index in [9.17, 15) is 23.2 Å². The maximum absolute atomic E-state index is 11.8. The highest BCUT2D eigenvalue weighted by Gasteiger charge is 2.25. The van der Waals surface area contributed by atoms with Crippen LogP contribution < -0.4 is 0 Å². The molecule has 90 valence electrons. The van der Waals surface area contributed by atoms with Gasteiger partial charge in [-0.1, -0.05) is 0 Å². The predicted molar refractivity (Wildman–Crippen MR) is 48.0 cm³/mol. The first-order valence-corrected chi connectivity index (χ1v) is 4.29. The van der Waals surface area contributed by atoms with Crippen LogP contribution in [0.15, 0.2) is 11.8 Å². The number of Topliss-reactive ketones (excluding diaryl/α,β-unsaturated/α-hetero) is 2. The molecule has 0 aromatic heterocycles. The van der Waals surface area contributed by atoms with Gasteiger partial charge in [0, 0.05) is 0 Å². The van der Waals surface area contributed by atoms with Gasteiger partial charge in [0.2, 0.25) is 5.78 Å². The summed E-state index contributed by atoms with van der Waals surface area (Å²) >= 11 is 0. The van der Waals surface area contributed by atoms with Gasteiger partial charge >= 0.3 is 5.97 Å². The van der Waals surface area contributed by atoms with Crippen LogP contribution in [0.2, 0.25) is 0 Å². The van der Waals surface area contributed by atoms with Crippen LogP contribution in [0.1, 0.15) is 13.3 Å². The standard InChI is InChI=1S/C9H10F2O5/c1-2-16-4-5(9(14)15)6(12)3-7(13)8(10)11/h4,8H,2-3H2,1H3,(H,14,15). The number of carboxylic acids is 1. The van der Waals surface area contributed by atoms with E-state index in [1.54, 1.807) is 6.92 Å². The molecule has 0 aromatic carbocycles. The quantitative estimate of drug-likeness (QED) is 0.306. The van der Waals surface area contributed by atoms with E-state index in [4.69, 9.17) is 5.11 Å². The number of ketones is 2. The summed E-state index contributed by atoms with van der Waals surface area (Å²) in [5, 5.41) is 8.55. The molecule has 0 saturated heterocycles. The molecule has 0 saturated carbocycles. The molecule has 0 rings (SSSR count). The van der Waals surface area contributed by atoms with Gasteiger partial charge in [-0.25, -0.2) is 13.6 Å². The molecule has 7 heteroatoms. The van der Waals surface area contributed by atoms with Crippen LogP contribution in [0, 0.1) is 0 Å². The third-order valence-corrected chi connectivity index (χ3v) is 1.48. The van der Waals surface area contributed by atoms with Crippen molar-refractivity contribution in [3.05, 3.63) is 11.8 Å². The minimum atomic E-state index is -3.29. The molecule has 0 aromatic rings. The molecule has 0 heterocycles. The number of carbonyl (C=O) groups is 3. The Morgan fingerprint density at radius 3 is 2.31 bits per heavy atom. The number of alkyl halides is 2. The number of hydrogen-bond donors (Lipinski definition) is 1. The zero-order chi connectivity index (χ0) is 12.7. The van der Waals surface area contributed by atoms with Crippen molar-refractivity contribution < 1.29 is 33.0 Å². The Kier molecular flexibility index (Phi) is 5.91. The summed E-state index contributed by atoms with van der Waals surface area (Å²) in [5.41, 5.74) is -0.823. The lowest BCUT2D eigenvalue weighted by molar-refractivity contribution is -0.136. The van der Waals surface area contributed by atoms with Crippen LogP contribution in [0.3, 0.4) is 0 Å². The maximum Gasteiger partial charge on any atom is 0.342 e. The van der Waals surface area contributed by atoms with Crippen molar-refractivity contribution in [3.63, 3.8) is 0 Å². The number of aliphatic carboxylic acids is 1. The summed E-state index contributed by atoms with van der Waals surface area (Å²) in [4.78, 5) is 32.2. The molecular weight excluding hydrogens is 226 g/mol. The van der Waals surface area contributed by atoms with E-state index in [-0.39, 0.29) is 6.61 Å². The van der Waals surface area contributed by atoms with E-state index in [1.807, 2.05) is 0 Å². The van der Waals surface area contributed by atoms with Gasteiger partial charge in [-0.2, -0.15) is 0 Å². The maximum atomic E-state index is 11.8. The number of carbonyl (C=O) groups excluding carboxylic acids is 2. The lowest BCUT2D eigenvalue weighted by atomic mass is 10.1. The van der Waals surface area contributed by atoms with E-state index in [0.29, 0.717) is 6.26 Å². The van der Waals surface area contributed by atoms with Crippen LogP contribution in [0.25, 0.3) is 0 Å². The zero-order valence-electron chi connectivity index (χ0n) is 8.41. The van der Waals surface area contributed by atoms with Crippen molar-refractivity contribution in [1.82, 2.24) is 0 Å². The minimum Gasteiger partial charge on any atom is -0.500 e. The number of ether oxygens (including phenoxy) is 1. The second kappa shape index (κ2) is 6.65. The molecule has 0 unspecified atom stereocenters. The summed E-state index contributed by atoms with van der Waals surface area (Å²) in [6, 6.07) is 0. The highest BCUT2D eigenvalue weighted by molar-refractivity contribution is 6.21. The molecule has 5 nitrogen and oxygen atoms in total. The third-order valence-electron chi connectivity index (χ3n) is 1.48.